The van der Waals surface area contributed by atoms with Gasteiger partial charge in [0.05, 0.1) is 0 Å². The van der Waals surface area contributed by atoms with E-state index in [1.807, 2.05) is 24.3 Å². The Morgan fingerprint density at radius 3 is 2.21 bits per heavy atom. The van der Waals surface area contributed by atoms with Gasteiger partial charge in [0.25, 0.3) is 5.91 Å². The third-order valence-electron chi connectivity index (χ3n) is 3.78. The molecule has 0 aromatic heterocycles. The van der Waals surface area contributed by atoms with Crippen LogP contribution in [0.4, 0.5) is 0 Å². The SMILES string of the molecule is CCc1ccc(C(=O)NCC(N)C(CC)CC)cc1. The molecule has 1 aromatic rings. The summed E-state index contributed by atoms with van der Waals surface area (Å²) in [6.45, 7) is 6.92. The minimum atomic E-state index is -0.0379. The number of carbonyl (C=O) groups is 1. The third kappa shape index (κ3) is 4.67. The normalized spacial score (nSPS) is 12.5. The van der Waals surface area contributed by atoms with E-state index in [4.69, 9.17) is 5.73 Å². The summed E-state index contributed by atoms with van der Waals surface area (Å²) in [6, 6.07) is 7.77. The number of aryl methyl sites for hydroxylation is 1. The maximum absolute atomic E-state index is 12.0. The lowest BCUT2D eigenvalue weighted by atomic mass is 9.95. The van der Waals surface area contributed by atoms with Gasteiger partial charge in [-0.15, -0.1) is 0 Å². The molecule has 0 aliphatic heterocycles. The van der Waals surface area contributed by atoms with E-state index in [2.05, 4.69) is 26.1 Å². The van der Waals surface area contributed by atoms with Gasteiger partial charge in [0.2, 0.25) is 0 Å². The Bertz CT molecular complexity index is 382. The largest absolute Gasteiger partial charge is 0.350 e. The van der Waals surface area contributed by atoms with Crippen molar-refractivity contribution in [1.82, 2.24) is 5.32 Å². The highest BCUT2D eigenvalue weighted by Crippen LogP contribution is 2.11. The molecular weight excluding hydrogens is 236 g/mol. The molecule has 0 fully saturated rings. The van der Waals surface area contributed by atoms with Crippen molar-refractivity contribution in [2.24, 2.45) is 11.7 Å². The first-order chi connectivity index (χ1) is 9.12. The summed E-state index contributed by atoms with van der Waals surface area (Å²) in [5, 5.41) is 2.92. The van der Waals surface area contributed by atoms with Crippen LogP contribution in [0.3, 0.4) is 0 Å². The van der Waals surface area contributed by atoms with Crippen LogP contribution in [0, 0.1) is 5.92 Å². The highest BCUT2D eigenvalue weighted by Gasteiger charge is 2.15. The van der Waals surface area contributed by atoms with Crippen molar-refractivity contribution in [3.63, 3.8) is 0 Å². The number of hydrogen-bond donors (Lipinski definition) is 2. The van der Waals surface area contributed by atoms with E-state index in [0.717, 1.165) is 19.3 Å². The van der Waals surface area contributed by atoms with Gasteiger partial charge in [-0.25, -0.2) is 0 Å². The third-order valence-corrected chi connectivity index (χ3v) is 3.78. The number of carbonyl (C=O) groups excluding carboxylic acids is 1. The summed E-state index contributed by atoms with van der Waals surface area (Å²) in [5.74, 6) is 0.437. The number of nitrogens with one attached hydrogen (secondary N) is 1. The second-order valence-electron chi connectivity index (χ2n) is 5.00. The van der Waals surface area contributed by atoms with Gasteiger partial charge in [0, 0.05) is 18.2 Å². The van der Waals surface area contributed by atoms with Crippen molar-refractivity contribution < 1.29 is 4.79 Å². The molecule has 0 aliphatic carbocycles. The fraction of sp³-hybridized carbons (Fsp3) is 0.562. The van der Waals surface area contributed by atoms with Gasteiger partial charge in [0.15, 0.2) is 0 Å². The van der Waals surface area contributed by atoms with E-state index in [1.165, 1.54) is 5.56 Å². The minimum absolute atomic E-state index is 0.0360. The molecule has 1 rings (SSSR count). The lowest BCUT2D eigenvalue weighted by Gasteiger charge is -2.21. The summed E-state index contributed by atoms with van der Waals surface area (Å²) in [6.07, 6.45) is 3.10. The smallest absolute Gasteiger partial charge is 0.251 e. The molecule has 0 aliphatic rings. The standard InChI is InChI=1S/C16H26N2O/c1-4-12-7-9-14(10-8-12)16(19)18-11-15(17)13(5-2)6-3/h7-10,13,15H,4-6,11,17H2,1-3H3,(H,18,19). The van der Waals surface area contributed by atoms with Gasteiger partial charge in [-0.05, 0) is 30.0 Å². The molecule has 19 heavy (non-hydrogen) atoms. The highest BCUT2D eigenvalue weighted by atomic mass is 16.1. The van der Waals surface area contributed by atoms with Crippen molar-refractivity contribution in [1.29, 1.82) is 0 Å². The summed E-state index contributed by atoms with van der Waals surface area (Å²) in [4.78, 5) is 12.0. The zero-order chi connectivity index (χ0) is 14.3. The molecule has 0 spiro atoms. The molecule has 1 aromatic carbocycles. The predicted molar refractivity (Wildman–Crippen MR) is 80.2 cm³/mol. The van der Waals surface area contributed by atoms with E-state index in [9.17, 15) is 4.79 Å². The van der Waals surface area contributed by atoms with Crippen molar-refractivity contribution in [2.75, 3.05) is 6.54 Å². The van der Waals surface area contributed by atoms with Crippen LogP contribution in [-0.4, -0.2) is 18.5 Å². The average molecular weight is 262 g/mol. The molecule has 3 N–H and O–H groups in total. The summed E-state index contributed by atoms with van der Waals surface area (Å²) < 4.78 is 0. The molecule has 106 valence electrons. The highest BCUT2D eigenvalue weighted by molar-refractivity contribution is 5.94. The number of amides is 1. The van der Waals surface area contributed by atoms with Crippen LogP contribution in [0.2, 0.25) is 0 Å². The first kappa shape index (κ1) is 15.7. The Balaban J connectivity index is 2.50. The number of hydrogen-bond acceptors (Lipinski definition) is 2. The Labute approximate surface area is 116 Å². The summed E-state index contributed by atoms with van der Waals surface area (Å²) >= 11 is 0. The average Bonchev–Trinajstić information content (AvgIpc) is 2.46. The van der Waals surface area contributed by atoms with Gasteiger partial charge < -0.3 is 11.1 Å². The van der Waals surface area contributed by atoms with Crippen molar-refractivity contribution in [2.45, 2.75) is 46.1 Å². The minimum Gasteiger partial charge on any atom is -0.350 e. The Kier molecular flexibility index (Phi) is 6.57. The summed E-state index contributed by atoms with van der Waals surface area (Å²) in [5.41, 5.74) is 8.04. The zero-order valence-corrected chi connectivity index (χ0v) is 12.3. The lowest BCUT2D eigenvalue weighted by molar-refractivity contribution is 0.0948. The van der Waals surface area contributed by atoms with Crippen LogP contribution in [0.1, 0.15) is 49.5 Å². The molecule has 1 unspecified atom stereocenters. The first-order valence-corrected chi connectivity index (χ1v) is 7.25. The first-order valence-electron chi connectivity index (χ1n) is 7.25. The topological polar surface area (TPSA) is 55.1 Å². The van der Waals surface area contributed by atoms with Crippen LogP contribution < -0.4 is 11.1 Å². The van der Waals surface area contributed by atoms with Crippen LogP contribution in [0.25, 0.3) is 0 Å². The van der Waals surface area contributed by atoms with Crippen LogP contribution >= 0.6 is 0 Å². The monoisotopic (exact) mass is 262 g/mol. The molecule has 0 saturated carbocycles. The van der Waals surface area contributed by atoms with Gasteiger partial charge in [-0.1, -0.05) is 45.7 Å². The quantitative estimate of drug-likeness (QED) is 0.794. The van der Waals surface area contributed by atoms with E-state index in [1.54, 1.807) is 0 Å². The van der Waals surface area contributed by atoms with Gasteiger partial charge in [-0.3, -0.25) is 4.79 Å². The van der Waals surface area contributed by atoms with E-state index >= 15 is 0 Å². The zero-order valence-electron chi connectivity index (χ0n) is 12.3. The Morgan fingerprint density at radius 1 is 1.16 bits per heavy atom. The Hall–Kier alpha value is -1.35. The molecule has 0 heterocycles. The van der Waals surface area contributed by atoms with Gasteiger partial charge in [0.1, 0.15) is 0 Å². The molecular formula is C16H26N2O. The van der Waals surface area contributed by atoms with E-state index in [-0.39, 0.29) is 11.9 Å². The van der Waals surface area contributed by atoms with Crippen LogP contribution in [0.15, 0.2) is 24.3 Å². The number of rotatable bonds is 7. The lowest BCUT2D eigenvalue weighted by Crippen LogP contribution is -2.41. The number of nitrogens with two attached hydrogens (primary N) is 1. The van der Waals surface area contributed by atoms with Crippen molar-refractivity contribution in [3.05, 3.63) is 35.4 Å². The van der Waals surface area contributed by atoms with Gasteiger partial charge in [-0.2, -0.15) is 0 Å². The summed E-state index contributed by atoms with van der Waals surface area (Å²) in [7, 11) is 0. The maximum Gasteiger partial charge on any atom is 0.251 e. The molecule has 1 atom stereocenters. The van der Waals surface area contributed by atoms with Gasteiger partial charge >= 0.3 is 0 Å². The number of benzene rings is 1. The molecule has 3 heteroatoms. The second-order valence-corrected chi connectivity index (χ2v) is 5.00. The fourth-order valence-electron chi connectivity index (χ4n) is 2.27. The second kappa shape index (κ2) is 7.95. The molecule has 3 nitrogen and oxygen atoms in total. The van der Waals surface area contributed by atoms with Crippen LogP contribution in [-0.2, 0) is 6.42 Å². The molecule has 0 radical (unpaired) electrons. The molecule has 1 amide bonds. The Morgan fingerprint density at radius 2 is 1.74 bits per heavy atom. The van der Waals surface area contributed by atoms with Crippen molar-refractivity contribution in [3.8, 4) is 0 Å². The fourth-order valence-corrected chi connectivity index (χ4v) is 2.27. The van der Waals surface area contributed by atoms with E-state index < -0.39 is 0 Å². The van der Waals surface area contributed by atoms with Crippen molar-refractivity contribution >= 4 is 5.91 Å². The predicted octanol–water partition coefficient (Wildman–Crippen LogP) is 2.74. The maximum atomic E-state index is 12.0. The van der Waals surface area contributed by atoms with E-state index in [0.29, 0.717) is 18.0 Å². The molecule has 0 saturated heterocycles. The van der Waals surface area contributed by atoms with Crippen LogP contribution in [0.5, 0.6) is 0 Å². The molecule has 0 bridgehead atoms.